The Labute approximate surface area is 118 Å². The molecule has 1 aromatic carbocycles. The summed E-state index contributed by atoms with van der Waals surface area (Å²) >= 11 is 0. The van der Waals surface area contributed by atoms with Crippen molar-refractivity contribution in [3.63, 3.8) is 0 Å². The Morgan fingerprint density at radius 2 is 2.20 bits per heavy atom. The fraction of sp³-hybridized carbons (Fsp3) is 0.438. The lowest BCUT2D eigenvalue weighted by Gasteiger charge is -2.24. The molecule has 20 heavy (non-hydrogen) atoms. The molecule has 0 saturated carbocycles. The predicted octanol–water partition coefficient (Wildman–Crippen LogP) is 3.08. The molecule has 2 aromatic rings. The van der Waals surface area contributed by atoms with Crippen LogP contribution in [0.2, 0.25) is 0 Å². The van der Waals surface area contributed by atoms with Gasteiger partial charge in [-0.1, -0.05) is 24.6 Å². The third kappa shape index (κ3) is 2.90. The number of hydrogen-bond donors (Lipinski definition) is 1. The standard InChI is InChI=1S/C16H20FN3/c17-14-6-2-1-5-13(14)8-10-20-12-18-11-16(20)15-7-3-4-9-19-15/h1-2,5-6,11-12,15,19H,3-4,7-10H2. The smallest absolute Gasteiger partial charge is 0.126 e. The summed E-state index contributed by atoms with van der Waals surface area (Å²) in [5.74, 6) is -0.120. The van der Waals surface area contributed by atoms with E-state index in [1.807, 2.05) is 24.7 Å². The molecule has 0 radical (unpaired) electrons. The van der Waals surface area contributed by atoms with Crippen molar-refractivity contribution in [2.24, 2.45) is 0 Å². The van der Waals surface area contributed by atoms with Crippen LogP contribution in [0.3, 0.4) is 0 Å². The van der Waals surface area contributed by atoms with Crippen molar-refractivity contribution in [1.82, 2.24) is 14.9 Å². The number of piperidine rings is 1. The molecule has 4 heteroatoms. The first kappa shape index (κ1) is 13.3. The Morgan fingerprint density at radius 1 is 1.30 bits per heavy atom. The predicted molar refractivity (Wildman–Crippen MR) is 76.9 cm³/mol. The first-order valence-electron chi connectivity index (χ1n) is 7.31. The Bertz CT molecular complexity index is 558. The molecule has 0 amide bonds. The Hall–Kier alpha value is -1.68. The lowest BCUT2D eigenvalue weighted by molar-refractivity contribution is 0.393. The van der Waals surface area contributed by atoms with Crippen molar-refractivity contribution in [2.45, 2.75) is 38.3 Å². The van der Waals surface area contributed by atoms with E-state index in [2.05, 4.69) is 14.9 Å². The number of imidazole rings is 1. The Morgan fingerprint density at radius 3 is 3.00 bits per heavy atom. The topological polar surface area (TPSA) is 29.9 Å². The molecule has 2 heterocycles. The largest absolute Gasteiger partial charge is 0.333 e. The van der Waals surface area contributed by atoms with E-state index < -0.39 is 0 Å². The number of rotatable bonds is 4. The van der Waals surface area contributed by atoms with Crippen molar-refractivity contribution >= 4 is 0 Å². The van der Waals surface area contributed by atoms with Crippen LogP contribution in [0.15, 0.2) is 36.8 Å². The van der Waals surface area contributed by atoms with E-state index in [-0.39, 0.29) is 5.82 Å². The van der Waals surface area contributed by atoms with Gasteiger partial charge in [-0.05, 0) is 37.4 Å². The molecule has 106 valence electrons. The summed E-state index contributed by atoms with van der Waals surface area (Å²) in [5.41, 5.74) is 1.99. The van der Waals surface area contributed by atoms with Gasteiger partial charge < -0.3 is 9.88 Å². The van der Waals surface area contributed by atoms with E-state index in [1.54, 1.807) is 6.07 Å². The van der Waals surface area contributed by atoms with Crippen molar-refractivity contribution < 1.29 is 4.39 Å². The Kier molecular flexibility index (Phi) is 4.11. The van der Waals surface area contributed by atoms with Gasteiger partial charge in [-0.3, -0.25) is 0 Å². The molecule has 1 unspecified atom stereocenters. The van der Waals surface area contributed by atoms with E-state index >= 15 is 0 Å². The molecule has 3 nitrogen and oxygen atoms in total. The molecule has 0 bridgehead atoms. The second-order valence-corrected chi connectivity index (χ2v) is 5.36. The third-order valence-corrected chi connectivity index (χ3v) is 3.99. The summed E-state index contributed by atoms with van der Waals surface area (Å²) in [5, 5.41) is 3.54. The van der Waals surface area contributed by atoms with Crippen molar-refractivity contribution in [1.29, 1.82) is 0 Å². The molecule has 1 aromatic heterocycles. The van der Waals surface area contributed by atoms with Crippen LogP contribution in [0.25, 0.3) is 0 Å². The summed E-state index contributed by atoms with van der Waals surface area (Å²) in [6, 6.07) is 7.38. The van der Waals surface area contributed by atoms with E-state index in [1.165, 1.54) is 24.6 Å². The Balaban J connectivity index is 1.69. The number of hydrogen-bond acceptors (Lipinski definition) is 2. The van der Waals surface area contributed by atoms with E-state index in [0.717, 1.165) is 25.1 Å². The van der Waals surface area contributed by atoms with Gasteiger partial charge in [0.15, 0.2) is 0 Å². The zero-order chi connectivity index (χ0) is 13.8. The molecular weight excluding hydrogens is 253 g/mol. The van der Waals surface area contributed by atoms with Gasteiger partial charge in [-0.25, -0.2) is 9.37 Å². The quantitative estimate of drug-likeness (QED) is 0.927. The van der Waals surface area contributed by atoms with Crippen molar-refractivity contribution in [3.05, 3.63) is 53.9 Å². The average molecular weight is 273 g/mol. The highest BCUT2D eigenvalue weighted by atomic mass is 19.1. The van der Waals surface area contributed by atoms with Gasteiger partial charge in [-0.15, -0.1) is 0 Å². The summed E-state index contributed by atoms with van der Waals surface area (Å²) in [7, 11) is 0. The molecule has 3 rings (SSSR count). The second kappa shape index (κ2) is 6.18. The molecule has 1 aliphatic rings. The maximum atomic E-state index is 13.6. The van der Waals surface area contributed by atoms with Crippen molar-refractivity contribution in [2.75, 3.05) is 6.54 Å². The highest BCUT2D eigenvalue weighted by Gasteiger charge is 2.18. The fourth-order valence-corrected chi connectivity index (χ4v) is 2.85. The van der Waals surface area contributed by atoms with Gasteiger partial charge in [-0.2, -0.15) is 0 Å². The summed E-state index contributed by atoms with van der Waals surface area (Å²) in [6.45, 7) is 1.84. The van der Waals surface area contributed by atoms with E-state index in [0.29, 0.717) is 12.5 Å². The van der Waals surface area contributed by atoms with Gasteiger partial charge in [0.05, 0.1) is 12.0 Å². The molecular formula is C16H20FN3. The monoisotopic (exact) mass is 273 g/mol. The number of halogens is 1. The minimum absolute atomic E-state index is 0.120. The van der Waals surface area contributed by atoms with Crippen LogP contribution in [0, 0.1) is 5.82 Å². The zero-order valence-electron chi connectivity index (χ0n) is 11.6. The molecule has 0 spiro atoms. The van der Waals surface area contributed by atoms with Gasteiger partial charge in [0.2, 0.25) is 0 Å². The fourth-order valence-electron chi connectivity index (χ4n) is 2.85. The van der Waals surface area contributed by atoms with Gasteiger partial charge in [0.25, 0.3) is 0 Å². The second-order valence-electron chi connectivity index (χ2n) is 5.36. The molecule has 1 aliphatic heterocycles. The van der Waals surface area contributed by atoms with Crippen LogP contribution < -0.4 is 5.32 Å². The zero-order valence-corrected chi connectivity index (χ0v) is 11.6. The number of nitrogens with one attached hydrogen (secondary N) is 1. The number of aromatic nitrogens is 2. The normalized spacial score (nSPS) is 19.1. The highest BCUT2D eigenvalue weighted by molar-refractivity contribution is 5.17. The molecule has 1 fully saturated rings. The van der Waals surface area contributed by atoms with Crippen LogP contribution in [-0.2, 0) is 13.0 Å². The van der Waals surface area contributed by atoms with Gasteiger partial charge >= 0.3 is 0 Å². The molecule has 0 aliphatic carbocycles. The average Bonchev–Trinajstić information content (AvgIpc) is 2.96. The molecule has 1 N–H and O–H groups in total. The summed E-state index contributed by atoms with van der Waals surface area (Å²) in [6.07, 6.45) is 8.15. The maximum absolute atomic E-state index is 13.6. The first-order valence-corrected chi connectivity index (χ1v) is 7.31. The van der Waals surface area contributed by atoms with E-state index in [9.17, 15) is 4.39 Å². The third-order valence-electron chi connectivity index (χ3n) is 3.99. The van der Waals surface area contributed by atoms with Crippen molar-refractivity contribution in [3.8, 4) is 0 Å². The van der Waals surface area contributed by atoms with Crippen LogP contribution >= 0.6 is 0 Å². The van der Waals surface area contributed by atoms with Crippen LogP contribution in [0.1, 0.15) is 36.6 Å². The van der Waals surface area contributed by atoms with Gasteiger partial charge in [0.1, 0.15) is 5.82 Å². The van der Waals surface area contributed by atoms with Crippen LogP contribution in [0.4, 0.5) is 4.39 Å². The molecule has 1 atom stereocenters. The number of aryl methyl sites for hydroxylation is 2. The minimum Gasteiger partial charge on any atom is -0.333 e. The number of benzene rings is 1. The molecule has 1 saturated heterocycles. The summed E-state index contributed by atoms with van der Waals surface area (Å²) < 4.78 is 15.8. The SMILES string of the molecule is Fc1ccccc1CCn1cncc1C1CCCCN1. The first-order chi connectivity index (χ1) is 9.84. The summed E-state index contributed by atoms with van der Waals surface area (Å²) in [4.78, 5) is 4.26. The van der Waals surface area contributed by atoms with Gasteiger partial charge in [0, 0.05) is 18.8 Å². The lowest BCUT2D eigenvalue weighted by atomic mass is 10.0. The maximum Gasteiger partial charge on any atom is 0.126 e. The minimum atomic E-state index is -0.120. The lowest BCUT2D eigenvalue weighted by Crippen LogP contribution is -2.28. The van der Waals surface area contributed by atoms with E-state index in [4.69, 9.17) is 0 Å². The number of nitrogens with zero attached hydrogens (tertiary/aromatic N) is 2. The van der Waals surface area contributed by atoms with Crippen LogP contribution in [0.5, 0.6) is 0 Å². The van der Waals surface area contributed by atoms with Crippen LogP contribution in [-0.4, -0.2) is 16.1 Å². The highest BCUT2D eigenvalue weighted by Crippen LogP contribution is 2.22.